The minimum absolute atomic E-state index is 0.179. The highest BCUT2D eigenvalue weighted by atomic mass is 19.4. The molecule has 6 heteroatoms. The second kappa shape index (κ2) is 3.48. The Morgan fingerprint density at radius 3 is 2.50 bits per heavy atom. The molecular formula is C10H6F4O2. The molecule has 1 N–H and O–H groups in total. The Morgan fingerprint density at radius 1 is 1.25 bits per heavy atom. The van der Waals surface area contributed by atoms with E-state index in [0.29, 0.717) is 0 Å². The summed E-state index contributed by atoms with van der Waals surface area (Å²) < 4.78 is 54.2. The van der Waals surface area contributed by atoms with E-state index in [1.807, 2.05) is 0 Å². The van der Waals surface area contributed by atoms with Gasteiger partial charge in [-0.25, -0.2) is 4.39 Å². The van der Waals surface area contributed by atoms with E-state index >= 15 is 0 Å². The van der Waals surface area contributed by atoms with Crippen molar-refractivity contribution in [3.05, 3.63) is 35.8 Å². The van der Waals surface area contributed by atoms with E-state index in [9.17, 15) is 17.6 Å². The molecule has 0 saturated heterocycles. The fourth-order valence-electron chi connectivity index (χ4n) is 1.34. The average Bonchev–Trinajstić information content (AvgIpc) is 2.60. The van der Waals surface area contributed by atoms with E-state index in [2.05, 4.69) is 4.42 Å². The van der Waals surface area contributed by atoms with Crippen LogP contribution < -0.4 is 0 Å². The lowest BCUT2D eigenvalue weighted by molar-refractivity contribution is -0.211. The van der Waals surface area contributed by atoms with Gasteiger partial charge in [0.25, 0.3) is 0 Å². The van der Waals surface area contributed by atoms with E-state index < -0.39 is 23.9 Å². The second-order valence-electron chi connectivity index (χ2n) is 3.25. The number of benzene rings is 1. The average molecular weight is 234 g/mol. The van der Waals surface area contributed by atoms with Crippen molar-refractivity contribution in [1.82, 2.24) is 0 Å². The molecule has 86 valence electrons. The van der Waals surface area contributed by atoms with Crippen LogP contribution >= 0.6 is 0 Å². The van der Waals surface area contributed by atoms with Crippen LogP contribution in [0.5, 0.6) is 0 Å². The van der Waals surface area contributed by atoms with Crippen molar-refractivity contribution in [2.24, 2.45) is 0 Å². The highest BCUT2D eigenvalue weighted by molar-refractivity contribution is 5.78. The topological polar surface area (TPSA) is 33.4 Å². The maximum atomic E-state index is 13.1. The Bertz CT molecular complexity index is 515. The molecule has 1 aromatic heterocycles. The number of alkyl halides is 3. The van der Waals surface area contributed by atoms with Gasteiger partial charge in [-0.05, 0) is 12.1 Å². The van der Waals surface area contributed by atoms with Crippen molar-refractivity contribution in [1.29, 1.82) is 0 Å². The number of aliphatic hydroxyl groups is 1. The standard InChI is InChI=1S/C10H6F4O2/c11-6-3-1-2-5-4-7(16-8(5)6)9(15)10(12,13)14/h1-4,9,15H/t9-/m0/s1. The maximum Gasteiger partial charge on any atom is 0.421 e. The predicted molar refractivity (Wildman–Crippen MR) is 47.2 cm³/mol. The van der Waals surface area contributed by atoms with Crippen molar-refractivity contribution < 1.29 is 27.1 Å². The van der Waals surface area contributed by atoms with Gasteiger partial charge in [0, 0.05) is 5.39 Å². The molecule has 1 heterocycles. The Kier molecular flexibility index (Phi) is 2.38. The van der Waals surface area contributed by atoms with Gasteiger partial charge in [0.05, 0.1) is 0 Å². The lowest BCUT2D eigenvalue weighted by Gasteiger charge is -2.10. The Labute approximate surface area is 87.1 Å². The third-order valence-electron chi connectivity index (χ3n) is 2.09. The SMILES string of the molecule is O[C@@H](c1cc2cccc(F)c2o1)C(F)(F)F. The smallest absolute Gasteiger partial charge is 0.421 e. The molecule has 0 unspecified atom stereocenters. The molecule has 1 atom stereocenters. The lowest BCUT2D eigenvalue weighted by atomic mass is 10.2. The van der Waals surface area contributed by atoms with Crippen LogP contribution in [0, 0.1) is 5.82 Å². The number of rotatable bonds is 1. The summed E-state index contributed by atoms with van der Waals surface area (Å²) in [4.78, 5) is 0. The van der Waals surface area contributed by atoms with Crippen LogP contribution in [0.3, 0.4) is 0 Å². The van der Waals surface area contributed by atoms with Crippen molar-refractivity contribution in [3.8, 4) is 0 Å². The summed E-state index contributed by atoms with van der Waals surface area (Å²) in [5.41, 5.74) is -0.291. The Hall–Kier alpha value is -1.56. The highest BCUT2D eigenvalue weighted by Crippen LogP contribution is 2.35. The second-order valence-corrected chi connectivity index (χ2v) is 3.25. The molecule has 0 fully saturated rings. The van der Waals surface area contributed by atoms with E-state index in [0.717, 1.165) is 12.1 Å². The molecule has 0 amide bonds. The lowest BCUT2D eigenvalue weighted by Crippen LogP contribution is -2.19. The number of fused-ring (bicyclic) bond motifs is 1. The summed E-state index contributed by atoms with van der Waals surface area (Å²) in [5, 5.41) is 9.09. The van der Waals surface area contributed by atoms with Gasteiger partial charge in [-0.3, -0.25) is 0 Å². The quantitative estimate of drug-likeness (QED) is 0.769. The third-order valence-corrected chi connectivity index (χ3v) is 2.09. The van der Waals surface area contributed by atoms with Crippen LogP contribution in [0.25, 0.3) is 11.0 Å². The number of para-hydroxylation sites is 1. The minimum Gasteiger partial charge on any atom is -0.455 e. The first-order chi connectivity index (χ1) is 7.39. The van der Waals surface area contributed by atoms with Crippen molar-refractivity contribution in [2.75, 3.05) is 0 Å². The zero-order valence-electron chi connectivity index (χ0n) is 7.75. The summed E-state index contributed by atoms with van der Waals surface area (Å²) in [6.07, 6.45) is -7.57. The van der Waals surface area contributed by atoms with Gasteiger partial charge >= 0.3 is 6.18 Å². The number of furan rings is 1. The van der Waals surface area contributed by atoms with E-state index in [1.54, 1.807) is 0 Å². The van der Waals surface area contributed by atoms with Gasteiger partial charge in [0.1, 0.15) is 5.76 Å². The van der Waals surface area contributed by atoms with Gasteiger partial charge < -0.3 is 9.52 Å². The fourth-order valence-corrected chi connectivity index (χ4v) is 1.34. The third kappa shape index (κ3) is 1.76. The van der Waals surface area contributed by atoms with Gasteiger partial charge in [-0.15, -0.1) is 0 Å². The van der Waals surface area contributed by atoms with Crippen LogP contribution in [0.2, 0.25) is 0 Å². The maximum absolute atomic E-state index is 13.1. The van der Waals surface area contributed by atoms with Crippen LogP contribution in [0.4, 0.5) is 17.6 Å². The zero-order chi connectivity index (χ0) is 11.9. The minimum atomic E-state index is -4.83. The van der Waals surface area contributed by atoms with E-state index in [1.165, 1.54) is 12.1 Å². The largest absolute Gasteiger partial charge is 0.455 e. The summed E-state index contributed by atoms with van der Waals surface area (Å²) in [6.45, 7) is 0. The predicted octanol–water partition coefficient (Wildman–Crippen LogP) is 3.17. The normalized spacial score (nSPS) is 14.3. The van der Waals surface area contributed by atoms with Gasteiger partial charge in [0.2, 0.25) is 6.10 Å². The first kappa shape index (κ1) is 10.9. The summed E-state index contributed by atoms with van der Waals surface area (Å²) in [6, 6.07) is 4.78. The van der Waals surface area contributed by atoms with Gasteiger partial charge in [-0.2, -0.15) is 13.2 Å². The first-order valence-corrected chi connectivity index (χ1v) is 4.32. The monoisotopic (exact) mass is 234 g/mol. The molecule has 1 aromatic carbocycles. The van der Waals surface area contributed by atoms with Crippen molar-refractivity contribution in [2.45, 2.75) is 12.3 Å². The van der Waals surface area contributed by atoms with E-state index in [4.69, 9.17) is 5.11 Å². The summed E-state index contributed by atoms with van der Waals surface area (Å²) in [7, 11) is 0. The van der Waals surface area contributed by atoms with Crippen LogP contribution in [0.15, 0.2) is 28.7 Å². The van der Waals surface area contributed by atoms with Crippen LogP contribution in [0.1, 0.15) is 11.9 Å². The summed E-state index contributed by atoms with van der Waals surface area (Å²) >= 11 is 0. The molecule has 0 aliphatic rings. The molecule has 0 saturated carbocycles. The van der Waals surface area contributed by atoms with Crippen molar-refractivity contribution in [3.63, 3.8) is 0 Å². The first-order valence-electron chi connectivity index (χ1n) is 4.32. The molecule has 0 aliphatic heterocycles. The number of hydrogen-bond acceptors (Lipinski definition) is 2. The fraction of sp³-hybridized carbons (Fsp3) is 0.200. The molecular weight excluding hydrogens is 228 g/mol. The Balaban J connectivity index is 2.52. The van der Waals surface area contributed by atoms with E-state index in [-0.39, 0.29) is 11.0 Å². The van der Waals surface area contributed by atoms with Gasteiger partial charge in [-0.1, -0.05) is 12.1 Å². The molecule has 0 aliphatic carbocycles. The summed E-state index contributed by atoms with van der Waals surface area (Å²) in [5.74, 6) is -1.48. The number of aliphatic hydroxyl groups excluding tert-OH is 1. The van der Waals surface area contributed by atoms with Crippen LogP contribution in [-0.4, -0.2) is 11.3 Å². The molecule has 0 bridgehead atoms. The Morgan fingerprint density at radius 2 is 1.94 bits per heavy atom. The number of hydrogen-bond donors (Lipinski definition) is 1. The highest BCUT2D eigenvalue weighted by Gasteiger charge is 2.41. The molecule has 0 spiro atoms. The van der Waals surface area contributed by atoms with Crippen LogP contribution in [-0.2, 0) is 0 Å². The molecule has 2 rings (SSSR count). The molecule has 0 radical (unpaired) electrons. The molecule has 2 aromatic rings. The zero-order valence-corrected chi connectivity index (χ0v) is 7.75. The van der Waals surface area contributed by atoms with Crippen molar-refractivity contribution >= 4 is 11.0 Å². The number of halogens is 4. The molecule has 16 heavy (non-hydrogen) atoms. The van der Waals surface area contributed by atoms with Gasteiger partial charge in [0.15, 0.2) is 11.4 Å². The molecule has 2 nitrogen and oxygen atoms in total.